The summed E-state index contributed by atoms with van der Waals surface area (Å²) in [7, 11) is 0. The summed E-state index contributed by atoms with van der Waals surface area (Å²) in [5.41, 5.74) is 11.6. The van der Waals surface area contributed by atoms with E-state index in [0.29, 0.717) is 4.47 Å². The molecule has 0 saturated carbocycles. The number of hydrogen-bond acceptors (Lipinski definition) is 2. The number of halogens is 2. The SMILES string of the molecule is NC(=O)c1c(N)cc(Br)c(/C=C/c2ccccc2)c1F. The molecule has 0 aromatic heterocycles. The van der Waals surface area contributed by atoms with Crippen LogP contribution in [0.2, 0.25) is 0 Å². The minimum Gasteiger partial charge on any atom is -0.398 e. The molecule has 0 fully saturated rings. The molecule has 0 bridgehead atoms. The number of primary amides is 1. The molecule has 2 aromatic carbocycles. The maximum absolute atomic E-state index is 14.3. The first-order valence-electron chi connectivity index (χ1n) is 5.81. The molecule has 4 N–H and O–H groups in total. The third kappa shape index (κ3) is 2.88. The highest BCUT2D eigenvalue weighted by Gasteiger charge is 2.18. The van der Waals surface area contributed by atoms with Gasteiger partial charge in [-0.15, -0.1) is 0 Å². The van der Waals surface area contributed by atoms with Gasteiger partial charge in [0.2, 0.25) is 0 Å². The zero-order valence-electron chi connectivity index (χ0n) is 10.4. The first-order chi connectivity index (χ1) is 9.50. The van der Waals surface area contributed by atoms with Crippen LogP contribution in [0.25, 0.3) is 12.2 Å². The standard InChI is InChI=1S/C15H12BrFN2O/c16-11-8-12(18)13(15(19)20)14(17)10(11)7-6-9-4-2-1-3-5-9/h1-8H,18H2,(H2,19,20)/b7-6+. The molecule has 1 amide bonds. The van der Waals surface area contributed by atoms with E-state index in [1.54, 1.807) is 12.2 Å². The van der Waals surface area contributed by atoms with Gasteiger partial charge >= 0.3 is 0 Å². The fourth-order valence-electron chi connectivity index (χ4n) is 1.80. The fourth-order valence-corrected chi connectivity index (χ4v) is 2.35. The van der Waals surface area contributed by atoms with Gasteiger partial charge in [0.05, 0.1) is 5.56 Å². The second-order valence-corrected chi connectivity index (χ2v) is 5.01. The Balaban J connectivity index is 2.50. The summed E-state index contributed by atoms with van der Waals surface area (Å²) in [5, 5.41) is 0. The number of hydrogen-bond donors (Lipinski definition) is 2. The van der Waals surface area contributed by atoms with E-state index < -0.39 is 11.7 Å². The largest absolute Gasteiger partial charge is 0.398 e. The summed E-state index contributed by atoms with van der Waals surface area (Å²) in [6.07, 6.45) is 3.31. The lowest BCUT2D eigenvalue weighted by Gasteiger charge is -2.08. The Morgan fingerprint density at radius 2 is 1.85 bits per heavy atom. The van der Waals surface area contributed by atoms with Gasteiger partial charge in [-0.3, -0.25) is 4.79 Å². The minimum atomic E-state index is -0.887. The highest BCUT2D eigenvalue weighted by atomic mass is 79.9. The number of amides is 1. The van der Waals surface area contributed by atoms with Crippen molar-refractivity contribution in [2.45, 2.75) is 0 Å². The van der Waals surface area contributed by atoms with E-state index in [4.69, 9.17) is 11.5 Å². The van der Waals surface area contributed by atoms with Crippen LogP contribution in [0.3, 0.4) is 0 Å². The zero-order chi connectivity index (χ0) is 14.7. The summed E-state index contributed by atoms with van der Waals surface area (Å²) < 4.78 is 14.7. The number of nitrogen functional groups attached to an aromatic ring is 1. The maximum atomic E-state index is 14.3. The van der Waals surface area contributed by atoms with Crippen molar-refractivity contribution >= 4 is 39.7 Å². The van der Waals surface area contributed by atoms with Crippen molar-refractivity contribution in [2.24, 2.45) is 5.73 Å². The van der Waals surface area contributed by atoms with Crippen molar-refractivity contribution in [1.29, 1.82) is 0 Å². The van der Waals surface area contributed by atoms with E-state index in [1.165, 1.54) is 6.07 Å². The van der Waals surface area contributed by atoms with Crippen LogP contribution in [0, 0.1) is 5.82 Å². The third-order valence-corrected chi connectivity index (χ3v) is 3.43. The van der Waals surface area contributed by atoms with E-state index in [9.17, 15) is 9.18 Å². The molecule has 0 spiro atoms. The number of anilines is 1. The molecule has 0 heterocycles. The lowest BCUT2D eigenvalue weighted by molar-refractivity contribution is 0.0997. The van der Waals surface area contributed by atoms with Crippen LogP contribution in [0.5, 0.6) is 0 Å². The van der Waals surface area contributed by atoms with E-state index in [0.717, 1.165) is 5.56 Å². The van der Waals surface area contributed by atoms with Gasteiger partial charge in [-0.25, -0.2) is 4.39 Å². The monoisotopic (exact) mass is 334 g/mol. The van der Waals surface area contributed by atoms with E-state index in [2.05, 4.69) is 15.9 Å². The molecule has 3 nitrogen and oxygen atoms in total. The molecule has 5 heteroatoms. The average molecular weight is 335 g/mol. The van der Waals surface area contributed by atoms with Crippen molar-refractivity contribution in [2.75, 3.05) is 5.73 Å². The van der Waals surface area contributed by atoms with Crippen molar-refractivity contribution in [3.63, 3.8) is 0 Å². The van der Waals surface area contributed by atoms with Gasteiger partial charge in [0, 0.05) is 15.7 Å². The first-order valence-corrected chi connectivity index (χ1v) is 6.60. The van der Waals surface area contributed by atoms with Gasteiger partial charge in [0.25, 0.3) is 5.91 Å². The third-order valence-electron chi connectivity index (χ3n) is 2.77. The Bertz CT molecular complexity index is 684. The summed E-state index contributed by atoms with van der Waals surface area (Å²) in [4.78, 5) is 11.2. The number of nitrogens with two attached hydrogens (primary N) is 2. The Hall–Kier alpha value is -2.14. The van der Waals surface area contributed by atoms with Gasteiger partial charge in [-0.05, 0) is 27.6 Å². The van der Waals surface area contributed by atoms with Crippen LogP contribution in [0.4, 0.5) is 10.1 Å². The fraction of sp³-hybridized carbons (Fsp3) is 0. The summed E-state index contributed by atoms with van der Waals surface area (Å²) >= 11 is 3.23. The highest BCUT2D eigenvalue weighted by molar-refractivity contribution is 9.10. The summed E-state index contributed by atoms with van der Waals surface area (Å²) in [6.45, 7) is 0. The second kappa shape index (κ2) is 5.88. The van der Waals surface area contributed by atoms with Crippen LogP contribution in [0.15, 0.2) is 40.9 Å². The molecular formula is C15H12BrFN2O. The molecule has 20 heavy (non-hydrogen) atoms. The number of benzene rings is 2. The molecule has 0 unspecified atom stereocenters. The normalized spacial score (nSPS) is 10.9. The van der Waals surface area contributed by atoms with Gasteiger partial charge < -0.3 is 11.5 Å². The Morgan fingerprint density at radius 3 is 2.45 bits per heavy atom. The molecular weight excluding hydrogens is 323 g/mol. The van der Waals surface area contributed by atoms with Crippen molar-refractivity contribution < 1.29 is 9.18 Å². The Morgan fingerprint density at radius 1 is 1.20 bits per heavy atom. The maximum Gasteiger partial charge on any atom is 0.253 e. The smallest absolute Gasteiger partial charge is 0.253 e. The topological polar surface area (TPSA) is 69.1 Å². The highest BCUT2D eigenvalue weighted by Crippen LogP contribution is 2.29. The number of carbonyl (C=O) groups is 1. The number of carbonyl (C=O) groups excluding carboxylic acids is 1. The summed E-state index contributed by atoms with van der Waals surface area (Å²) in [5.74, 6) is -1.61. The quantitative estimate of drug-likeness (QED) is 0.666. The van der Waals surface area contributed by atoms with Crippen LogP contribution in [-0.2, 0) is 0 Å². The Labute approximate surface area is 124 Å². The lowest BCUT2D eigenvalue weighted by atomic mass is 10.1. The molecule has 0 saturated heterocycles. The van der Waals surface area contributed by atoms with Gasteiger partial charge in [0.15, 0.2) is 0 Å². The molecule has 102 valence electrons. The second-order valence-electron chi connectivity index (χ2n) is 4.16. The molecule has 0 atom stereocenters. The molecule has 2 aromatic rings. The molecule has 2 rings (SSSR count). The lowest BCUT2D eigenvalue weighted by Crippen LogP contribution is -2.16. The van der Waals surface area contributed by atoms with Gasteiger partial charge in [-0.2, -0.15) is 0 Å². The molecule has 0 aliphatic rings. The first kappa shape index (κ1) is 14.3. The molecule has 0 aliphatic heterocycles. The van der Waals surface area contributed by atoms with Gasteiger partial charge in [-0.1, -0.05) is 42.5 Å². The Kier molecular flexibility index (Phi) is 4.20. The van der Waals surface area contributed by atoms with Crippen molar-refractivity contribution in [3.05, 3.63) is 63.4 Å². The van der Waals surface area contributed by atoms with Crippen LogP contribution in [-0.4, -0.2) is 5.91 Å². The predicted molar refractivity (Wildman–Crippen MR) is 82.4 cm³/mol. The predicted octanol–water partition coefficient (Wildman–Crippen LogP) is 3.44. The van der Waals surface area contributed by atoms with E-state index in [1.807, 2.05) is 30.3 Å². The number of rotatable bonds is 3. The molecule has 0 radical (unpaired) electrons. The van der Waals surface area contributed by atoms with Gasteiger partial charge in [0.1, 0.15) is 5.82 Å². The molecule has 0 aliphatic carbocycles. The van der Waals surface area contributed by atoms with Crippen LogP contribution < -0.4 is 11.5 Å². The zero-order valence-corrected chi connectivity index (χ0v) is 12.0. The van der Waals surface area contributed by atoms with Crippen molar-refractivity contribution in [3.8, 4) is 0 Å². The summed E-state index contributed by atoms with van der Waals surface area (Å²) in [6, 6.07) is 10.9. The minimum absolute atomic E-state index is 0.0127. The van der Waals surface area contributed by atoms with E-state index >= 15 is 0 Å². The van der Waals surface area contributed by atoms with Crippen LogP contribution >= 0.6 is 15.9 Å². The van der Waals surface area contributed by atoms with E-state index in [-0.39, 0.29) is 16.8 Å². The van der Waals surface area contributed by atoms with Crippen molar-refractivity contribution in [1.82, 2.24) is 0 Å². The average Bonchev–Trinajstić information content (AvgIpc) is 2.38. The van der Waals surface area contributed by atoms with Crippen LogP contribution in [0.1, 0.15) is 21.5 Å².